The quantitative estimate of drug-likeness (QED) is 0.900. The molecule has 19 heavy (non-hydrogen) atoms. The molecule has 0 spiro atoms. The number of hydrogen-bond acceptors (Lipinski definition) is 2. The molecule has 0 aliphatic heterocycles. The summed E-state index contributed by atoms with van der Waals surface area (Å²) >= 11 is 5.93. The molecule has 0 aliphatic rings. The van der Waals surface area contributed by atoms with Crippen molar-refractivity contribution in [3.8, 4) is 0 Å². The Morgan fingerprint density at radius 1 is 1.37 bits per heavy atom. The van der Waals surface area contributed by atoms with Gasteiger partial charge in [-0.1, -0.05) is 25.4 Å². The Bertz CT molecular complexity index is 486. The van der Waals surface area contributed by atoms with E-state index in [1.54, 1.807) is 18.2 Å². The van der Waals surface area contributed by atoms with Crippen LogP contribution in [0.2, 0.25) is 5.02 Å². The summed E-state index contributed by atoms with van der Waals surface area (Å²) in [6.07, 6.45) is 0. The maximum absolute atomic E-state index is 12.4. The van der Waals surface area contributed by atoms with Crippen molar-refractivity contribution >= 4 is 23.4 Å². The van der Waals surface area contributed by atoms with E-state index in [-0.39, 0.29) is 18.4 Å². The zero-order valence-corrected chi connectivity index (χ0v) is 12.2. The third kappa shape index (κ3) is 4.56. The molecule has 0 fully saturated rings. The third-order valence-corrected chi connectivity index (χ3v) is 3.05. The number of benzene rings is 1. The fourth-order valence-electron chi connectivity index (χ4n) is 1.81. The van der Waals surface area contributed by atoms with Crippen molar-refractivity contribution in [2.24, 2.45) is 11.7 Å². The summed E-state index contributed by atoms with van der Waals surface area (Å²) in [6.45, 7) is 6.21. The summed E-state index contributed by atoms with van der Waals surface area (Å²) in [6, 6.07) is 5.06. The van der Waals surface area contributed by atoms with E-state index in [1.165, 1.54) is 4.90 Å². The molecule has 0 bridgehead atoms. The van der Waals surface area contributed by atoms with E-state index < -0.39 is 5.91 Å². The Balaban J connectivity index is 2.97. The number of carbonyl (C=O) groups is 2. The highest BCUT2D eigenvalue weighted by Gasteiger charge is 2.19. The summed E-state index contributed by atoms with van der Waals surface area (Å²) in [5.74, 6) is -0.455. The van der Waals surface area contributed by atoms with Gasteiger partial charge in [0.05, 0.1) is 6.54 Å². The van der Waals surface area contributed by atoms with E-state index in [0.29, 0.717) is 17.1 Å². The minimum atomic E-state index is -0.514. The van der Waals surface area contributed by atoms with Crippen LogP contribution in [-0.2, 0) is 4.79 Å². The van der Waals surface area contributed by atoms with Gasteiger partial charge in [0.15, 0.2) is 0 Å². The van der Waals surface area contributed by atoms with Gasteiger partial charge in [0.2, 0.25) is 5.91 Å². The minimum absolute atomic E-state index is 0.0707. The van der Waals surface area contributed by atoms with Crippen LogP contribution in [0.4, 0.5) is 0 Å². The fourth-order valence-corrected chi connectivity index (χ4v) is 1.93. The molecule has 0 saturated heterocycles. The molecular formula is C14H19ClN2O2. The molecule has 0 unspecified atom stereocenters. The zero-order chi connectivity index (χ0) is 14.6. The number of amides is 2. The molecule has 0 aromatic heterocycles. The number of halogens is 1. The first-order valence-electron chi connectivity index (χ1n) is 6.15. The second kappa shape index (κ2) is 6.57. The highest BCUT2D eigenvalue weighted by atomic mass is 35.5. The van der Waals surface area contributed by atoms with Crippen molar-refractivity contribution in [1.82, 2.24) is 4.90 Å². The summed E-state index contributed by atoms with van der Waals surface area (Å²) < 4.78 is 0. The summed E-state index contributed by atoms with van der Waals surface area (Å²) in [7, 11) is 0. The molecule has 0 radical (unpaired) electrons. The summed E-state index contributed by atoms with van der Waals surface area (Å²) in [4.78, 5) is 24.9. The van der Waals surface area contributed by atoms with Crippen LogP contribution in [0.5, 0.6) is 0 Å². The molecular weight excluding hydrogens is 264 g/mol. The van der Waals surface area contributed by atoms with Crippen molar-refractivity contribution in [2.75, 3.05) is 13.1 Å². The lowest BCUT2D eigenvalue weighted by molar-refractivity contribution is -0.118. The van der Waals surface area contributed by atoms with Crippen LogP contribution < -0.4 is 5.73 Å². The number of hydrogen-bond donors (Lipinski definition) is 1. The van der Waals surface area contributed by atoms with E-state index in [4.69, 9.17) is 17.3 Å². The van der Waals surface area contributed by atoms with Crippen LogP contribution in [0.15, 0.2) is 18.2 Å². The zero-order valence-electron chi connectivity index (χ0n) is 11.4. The molecule has 5 heteroatoms. The van der Waals surface area contributed by atoms with E-state index in [0.717, 1.165) is 5.56 Å². The number of nitrogens with zero attached hydrogens (tertiary/aromatic N) is 1. The average Bonchev–Trinajstić information content (AvgIpc) is 2.29. The predicted molar refractivity (Wildman–Crippen MR) is 76.1 cm³/mol. The highest BCUT2D eigenvalue weighted by Crippen LogP contribution is 2.17. The molecule has 1 aromatic carbocycles. The van der Waals surface area contributed by atoms with E-state index in [9.17, 15) is 9.59 Å². The molecule has 2 N–H and O–H groups in total. The first-order valence-corrected chi connectivity index (χ1v) is 6.52. The van der Waals surface area contributed by atoms with Gasteiger partial charge in [-0.15, -0.1) is 0 Å². The monoisotopic (exact) mass is 282 g/mol. The smallest absolute Gasteiger partial charge is 0.254 e. The topological polar surface area (TPSA) is 63.4 Å². The SMILES string of the molecule is Cc1cc(C(=O)N(CC(N)=O)CC(C)C)ccc1Cl. The van der Waals surface area contributed by atoms with Crippen molar-refractivity contribution in [1.29, 1.82) is 0 Å². The van der Waals surface area contributed by atoms with Gasteiger partial charge in [0.1, 0.15) is 0 Å². The van der Waals surface area contributed by atoms with E-state index >= 15 is 0 Å². The van der Waals surface area contributed by atoms with Crippen molar-refractivity contribution in [3.63, 3.8) is 0 Å². The molecule has 2 amide bonds. The van der Waals surface area contributed by atoms with Gasteiger partial charge < -0.3 is 10.6 Å². The van der Waals surface area contributed by atoms with E-state index in [1.807, 2.05) is 20.8 Å². The van der Waals surface area contributed by atoms with Crippen LogP contribution in [0.25, 0.3) is 0 Å². The van der Waals surface area contributed by atoms with Gasteiger partial charge in [-0.3, -0.25) is 9.59 Å². The van der Waals surface area contributed by atoms with Crippen molar-refractivity contribution < 1.29 is 9.59 Å². The number of carbonyl (C=O) groups excluding carboxylic acids is 2. The lowest BCUT2D eigenvalue weighted by Crippen LogP contribution is -2.40. The highest BCUT2D eigenvalue weighted by molar-refractivity contribution is 6.31. The predicted octanol–water partition coefficient (Wildman–Crippen LogP) is 2.23. The Morgan fingerprint density at radius 3 is 2.47 bits per heavy atom. The summed E-state index contributed by atoms with van der Waals surface area (Å²) in [5, 5.41) is 0.613. The molecule has 0 heterocycles. The van der Waals surface area contributed by atoms with Gasteiger partial charge in [-0.2, -0.15) is 0 Å². The number of nitrogens with two attached hydrogens (primary N) is 1. The standard InChI is InChI=1S/C14H19ClN2O2/c1-9(2)7-17(8-13(16)18)14(19)11-4-5-12(15)10(3)6-11/h4-6,9H,7-8H2,1-3H3,(H2,16,18). The minimum Gasteiger partial charge on any atom is -0.368 e. The van der Waals surface area contributed by atoms with Crippen molar-refractivity contribution in [2.45, 2.75) is 20.8 Å². The van der Waals surface area contributed by atoms with Gasteiger partial charge in [-0.05, 0) is 36.6 Å². The van der Waals surface area contributed by atoms with Crippen LogP contribution >= 0.6 is 11.6 Å². The Morgan fingerprint density at radius 2 is 2.00 bits per heavy atom. The summed E-state index contributed by atoms with van der Waals surface area (Å²) in [5.41, 5.74) is 6.53. The number of rotatable bonds is 5. The maximum Gasteiger partial charge on any atom is 0.254 e. The molecule has 104 valence electrons. The molecule has 0 atom stereocenters. The first-order chi connectivity index (χ1) is 8.81. The van der Waals surface area contributed by atoms with Crippen LogP contribution in [-0.4, -0.2) is 29.8 Å². The van der Waals surface area contributed by atoms with Gasteiger partial charge in [0.25, 0.3) is 5.91 Å². The second-order valence-electron chi connectivity index (χ2n) is 5.01. The molecule has 1 aromatic rings. The molecule has 1 rings (SSSR count). The van der Waals surface area contributed by atoms with E-state index in [2.05, 4.69) is 0 Å². The Hall–Kier alpha value is -1.55. The van der Waals surface area contributed by atoms with Crippen LogP contribution in [0.3, 0.4) is 0 Å². The number of aryl methyl sites for hydroxylation is 1. The van der Waals surface area contributed by atoms with Crippen molar-refractivity contribution in [3.05, 3.63) is 34.3 Å². The second-order valence-corrected chi connectivity index (χ2v) is 5.42. The largest absolute Gasteiger partial charge is 0.368 e. The van der Waals surface area contributed by atoms with Crippen LogP contribution in [0.1, 0.15) is 29.8 Å². The van der Waals surface area contributed by atoms with Gasteiger partial charge >= 0.3 is 0 Å². The molecule has 0 saturated carbocycles. The normalized spacial score (nSPS) is 10.6. The average molecular weight is 283 g/mol. The van der Waals surface area contributed by atoms with Gasteiger partial charge in [-0.25, -0.2) is 0 Å². The fraction of sp³-hybridized carbons (Fsp3) is 0.429. The Labute approximate surface area is 118 Å². The lowest BCUT2D eigenvalue weighted by atomic mass is 10.1. The van der Waals surface area contributed by atoms with Crippen LogP contribution in [0, 0.1) is 12.8 Å². The number of primary amides is 1. The molecule has 4 nitrogen and oxygen atoms in total. The molecule has 0 aliphatic carbocycles. The third-order valence-electron chi connectivity index (χ3n) is 2.62. The lowest BCUT2D eigenvalue weighted by Gasteiger charge is -2.23. The Kier molecular flexibility index (Phi) is 5.36. The van der Waals surface area contributed by atoms with Gasteiger partial charge in [0, 0.05) is 17.1 Å². The maximum atomic E-state index is 12.4. The first kappa shape index (κ1) is 15.5.